The van der Waals surface area contributed by atoms with Gasteiger partial charge in [0.05, 0.1) is 24.3 Å². The van der Waals surface area contributed by atoms with Gasteiger partial charge in [-0.15, -0.1) is 0 Å². The molecule has 1 aliphatic rings. The van der Waals surface area contributed by atoms with Gasteiger partial charge in [-0.1, -0.05) is 49.3 Å². The van der Waals surface area contributed by atoms with Crippen LogP contribution in [0, 0.1) is 0 Å². The second-order valence-corrected chi connectivity index (χ2v) is 7.16. The third-order valence-electron chi connectivity index (χ3n) is 5.39. The molecule has 1 atom stereocenters. The highest BCUT2D eigenvalue weighted by Crippen LogP contribution is 2.34. The van der Waals surface area contributed by atoms with Gasteiger partial charge in [0.2, 0.25) is 5.89 Å². The zero-order valence-corrected chi connectivity index (χ0v) is 16.1. The van der Waals surface area contributed by atoms with Crippen LogP contribution in [0.3, 0.4) is 0 Å². The fourth-order valence-electron chi connectivity index (χ4n) is 3.98. The van der Waals surface area contributed by atoms with Gasteiger partial charge in [-0.25, -0.2) is 4.98 Å². The predicted octanol–water partition coefficient (Wildman–Crippen LogP) is 3.74. The van der Waals surface area contributed by atoms with Crippen LogP contribution in [0.15, 0.2) is 41.2 Å². The van der Waals surface area contributed by atoms with Crippen molar-refractivity contribution in [1.82, 2.24) is 24.6 Å². The van der Waals surface area contributed by atoms with Gasteiger partial charge < -0.3 is 14.0 Å². The summed E-state index contributed by atoms with van der Waals surface area (Å²) in [4.78, 5) is 11.8. The minimum atomic E-state index is 0.467. The van der Waals surface area contributed by atoms with Gasteiger partial charge in [0.25, 0.3) is 0 Å². The monoisotopic (exact) mass is 365 g/mol. The van der Waals surface area contributed by atoms with Crippen LogP contribution in [0.1, 0.15) is 50.0 Å². The van der Waals surface area contributed by atoms with Crippen molar-refractivity contribution in [3.05, 3.63) is 54.1 Å². The molecule has 0 saturated carbocycles. The Morgan fingerprint density at radius 1 is 1.19 bits per heavy atom. The highest BCUT2D eigenvalue weighted by atomic mass is 16.5. The lowest BCUT2D eigenvalue weighted by molar-refractivity contribution is 0.214. The summed E-state index contributed by atoms with van der Waals surface area (Å²) >= 11 is 0. The summed E-state index contributed by atoms with van der Waals surface area (Å²) in [5.74, 6) is 1.87. The Morgan fingerprint density at radius 3 is 2.78 bits per heavy atom. The van der Waals surface area contributed by atoms with E-state index in [1.807, 2.05) is 19.3 Å². The SMILES string of the molecule is CCc1nc(Cn2cnc(-c3ccccc3)c2C2CCCN(CC)C2)no1. The number of rotatable bonds is 6. The quantitative estimate of drug-likeness (QED) is 0.666. The van der Waals surface area contributed by atoms with Crippen molar-refractivity contribution >= 4 is 0 Å². The number of hydrogen-bond acceptors (Lipinski definition) is 5. The maximum Gasteiger partial charge on any atom is 0.226 e. The van der Waals surface area contributed by atoms with E-state index in [4.69, 9.17) is 9.51 Å². The second kappa shape index (κ2) is 8.05. The molecule has 0 amide bonds. The van der Waals surface area contributed by atoms with Crippen molar-refractivity contribution in [2.75, 3.05) is 19.6 Å². The highest BCUT2D eigenvalue weighted by Gasteiger charge is 2.27. The number of likely N-dealkylation sites (tertiary alicyclic amines) is 1. The fraction of sp³-hybridized carbons (Fsp3) is 0.476. The molecule has 6 nitrogen and oxygen atoms in total. The number of benzene rings is 1. The Labute approximate surface area is 160 Å². The molecule has 3 aromatic rings. The summed E-state index contributed by atoms with van der Waals surface area (Å²) in [6.45, 7) is 8.22. The van der Waals surface area contributed by atoms with E-state index in [9.17, 15) is 0 Å². The lowest BCUT2D eigenvalue weighted by Gasteiger charge is -2.32. The average molecular weight is 365 g/mol. The lowest BCUT2D eigenvalue weighted by Crippen LogP contribution is -2.35. The van der Waals surface area contributed by atoms with Crippen LogP contribution >= 0.6 is 0 Å². The molecule has 27 heavy (non-hydrogen) atoms. The van der Waals surface area contributed by atoms with Crippen LogP contribution in [-0.4, -0.2) is 44.2 Å². The summed E-state index contributed by atoms with van der Waals surface area (Å²) < 4.78 is 7.51. The van der Waals surface area contributed by atoms with Gasteiger partial charge >= 0.3 is 0 Å². The minimum absolute atomic E-state index is 0.467. The Kier molecular flexibility index (Phi) is 5.34. The molecular formula is C21H27N5O. The number of piperidine rings is 1. The van der Waals surface area contributed by atoms with Crippen LogP contribution in [0.2, 0.25) is 0 Å². The standard InChI is InChI=1S/C21H27N5O/c1-3-19-23-18(24-27-19)14-26-15-22-20(16-9-6-5-7-10-16)21(26)17-11-8-12-25(4-2)13-17/h5-7,9-10,15,17H,3-4,8,11-14H2,1-2H3. The van der Waals surface area contributed by atoms with E-state index in [1.54, 1.807) is 0 Å². The van der Waals surface area contributed by atoms with Gasteiger partial charge in [0.1, 0.15) is 0 Å². The first-order valence-corrected chi connectivity index (χ1v) is 9.92. The number of imidazole rings is 1. The Hall–Kier alpha value is -2.47. The zero-order chi connectivity index (χ0) is 18.6. The zero-order valence-electron chi connectivity index (χ0n) is 16.1. The maximum absolute atomic E-state index is 5.29. The molecule has 3 heterocycles. The van der Waals surface area contributed by atoms with E-state index in [2.05, 4.69) is 50.8 Å². The van der Waals surface area contributed by atoms with Crippen LogP contribution in [-0.2, 0) is 13.0 Å². The van der Waals surface area contributed by atoms with Crippen molar-refractivity contribution in [2.45, 2.75) is 45.6 Å². The summed E-state index contributed by atoms with van der Waals surface area (Å²) in [6, 6.07) is 10.5. The lowest BCUT2D eigenvalue weighted by atomic mass is 9.91. The summed E-state index contributed by atoms with van der Waals surface area (Å²) in [5.41, 5.74) is 3.54. The van der Waals surface area contributed by atoms with Crippen molar-refractivity contribution in [2.24, 2.45) is 0 Å². The largest absolute Gasteiger partial charge is 0.339 e. The molecule has 0 bridgehead atoms. The van der Waals surface area contributed by atoms with E-state index in [1.165, 1.54) is 30.6 Å². The summed E-state index contributed by atoms with van der Waals surface area (Å²) in [7, 11) is 0. The first-order chi connectivity index (χ1) is 13.3. The molecule has 0 aliphatic carbocycles. The fourth-order valence-corrected chi connectivity index (χ4v) is 3.98. The van der Waals surface area contributed by atoms with E-state index >= 15 is 0 Å². The molecule has 0 N–H and O–H groups in total. The smallest absolute Gasteiger partial charge is 0.226 e. The van der Waals surface area contributed by atoms with Crippen LogP contribution in [0.4, 0.5) is 0 Å². The molecule has 1 saturated heterocycles. The normalized spacial score (nSPS) is 18.1. The van der Waals surface area contributed by atoms with Crippen molar-refractivity contribution in [3.63, 3.8) is 0 Å². The predicted molar refractivity (Wildman–Crippen MR) is 105 cm³/mol. The van der Waals surface area contributed by atoms with Crippen LogP contribution in [0.25, 0.3) is 11.3 Å². The number of aryl methyl sites for hydroxylation is 1. The maximum atomic E-state index is 5.29. The van der Waals surface area contributed by atoms with Gasteiger partial charge in [-0.3, -0.25) is 0 Å². The molecule has 4 rings (SSSR count). The first-order valence-electron chi connectivity index (χ1n) is 9.92. The number of hydrogen-bond donors (Lipinski definition) is 0. The Balaban J connectivity index is 1.71. The minimum Gasteiger partial charge on any atom is -0.339 e. The molecule has 2 aromatic heterocycles. The average Bonchev–Trinajstić information content (AvgIpc) is 3.36. The molecule has 0 spiro atoms. The molecule has 1 aliphatic heterocycles. The second-order valence-electron chi connectivity index (χ2n) is 7.16. The number of aromatic nitrogens is 4. The van der Waals surface area contributed by atoms with E-state index in [0.717, 1.165) is 25.2 Å². The Bertz CT molecular complexity index is 870. The van der Waals surface area contributed by atoms with Gasteiger partial charge in [0.15, 0.2) is 5.82 Å². The van der Waals surface area contributed by atoms with Gasteiger partial charge in [0, 0.05) is 24.4 Å². The molecule has 1 aromatic carbocycles. The van der Waals surface area contributed by atoms with Gasteiger partial charge in [-0.2, -0.15) is 4.98 Å². The van der Waals surface area contributed by atoms with Gasteiger partial charge in [-0.05, 0) is 25.9 Å². The molecule has 1 unspecified atom stereocenters. The molecular weight excluding hydrogens is 338 g/mol. The third kappa shape index (κ3) is 3.81. The third-order valence-corrected chi connectivity index (χ3v) is 5.39. The Morgan fingerprint density at radius 2 is 2.04 bits per heavy atom. The van der Waals surface area contributed by atoms with E-state index < -0.39 is 0 Å². The number of nitrogens with zero attached hydrogens (tertiary/aromatic N) is 5. The van der Waals surface area contributed by atoms with E-state index in [0.29, 0.717) is 24.2 Å². The summed E-state index contributed by atoms with van der Waals surface area (Å²) in [6.07, 6.45) is 5.10. The van der Waals surface area contributed by atoms with Crippen molar-refractivity contribution < 1.29 is 4.52 Å². The van der Waals surface area contributed by atoms with Crippen molar-refractivity contribution in [3.8, 4) is 11.3 Å². The van der Waals surface area contributed by atoms with Crippen molar-refractivity contribution in [1.29, 1.82) is 0 Å². The molecule has 0 radical (unpaired) electrons. The molecule has 1 fully saturated rings. The molecule has 142 valence electrons. The van der Waals surface area contributed by atoms with E-state index in [-0.39, 0.29) is 0 Å². The molecule has 6 heteroatoms. The topological polar surface area (TPSA) is 60.0 Å². The number of likely N-dealkylation sites (N-methyl/N-ethyl adjacent to an activating group) is 1. The summed E-state index contributed by atoms with van der Waals surface area (Å²) in [5, 5.41) is 4.14. The van der Waals surface area contributed by atoms with Crippen LogP contribution in [0.5, 0.6) is 0 Å². The first kappa shape index (κ1) is 17.9. The van der Waals surface area contributed by atoms with Crippen LogP contribution < -0.4 is 0 Å². The highest BCUT2D eigenvalue weighted by molar-refractivity contribution is 5.62.